The van der Waals surface area contributed by atoms with Crippen LogP contribution in [0.1, 0.15) is 38.8 Å². The normalized spacial score (nSPS) is 14.6. The van der Waals surface area contributed by atoms with E-state index in [1.807, 2.05) is 0 Å². The molecular formula is C14H19ClFNO3S. The van der Waals surface area contributed by atoms with Gasteiger partial charge in [0.15, 0.2) is 0 Å². The van der Waals surface area contributed by atoms with Crippen molar-refractivity contribution in [3.8, 4) is 0 Å². The molecule has 4 nitrogen and oxygen atoms in total. The summed E-state index contributed by atoms with van der Waals surface area (Å²) in [5.41, 5.74) is 0.375. The molecule has 0 amide bonds. The third-order valence-electron chi connectivity index (χ3n) is 2.76. The molecule has 2 atom stereocenters. The van der Waals surface area contributed by atoms with Crippen LogP contribution in [0.5, 0.6) is 0 Å². The average Bonchev–Trinajstić information content (AvgIpc) is 2.39. The molecule has 0 saturated carbocycles. The largest absolute Gasteiger partial charge is 0.469 e. The summed E-state index contributed by atoms with van der Waals surface area (Å²) in [6, 6.07) is 3.61. The van der Waals surface area contributed by atoms with Gasteiger partial charge in [-0.25, -0.2) is 13.3 Å². The van der Waals surface area contributed by atoms with Crippen molar-refractivity contribution in [3.05, 3.63) is 34.6 Å². The van der Waals surface area contributed by atoms with E-state index >= 15 is 0 Å². The molecule has 21 heavy (non-hydrogen) atoms. The zero-order chi connectivity index (χ0) is 16.2. The topological polar surface area (TPSA) is 55.4 Å². The van der Waals surface area contributed by atoms with Crippen LogP contribution in [0, 0.1) is 5.82 Å². The number of hydrogen-bond acceptors (Lipinski definition) is 3. The van der Waals surface area contributed by atoms with E-state index in [0.717, 1.165) is 0 Å². The first-order valence-corrected chi connectivity index (χ1v) is 7.88. The van der Waals surface area contributed by atoms with E-state index in [0.29, 0.717) is 5.56 Å². The highest BCUT2D eigenvalue weighted by molar-refractivity contribution is 7.84. The summed E-state index contributed by atoms with van der Waals surface area (Å²) in [6.07, 6.45) is -0.0957. The van der Waals surface area contributed by atoms with E-state index in [4.69, 9.17) is 11.6 Å². The van der Waals surface area contributed by atoms with Gasteiger partial charge >= 0.3 is 5.97 Å². The van der Waals surface area contributed by atoms with Crippen molar-refractivity contribution >= 4 is 28.6 Å². The number of hydrogen-bond donors (Lipinski definition) is 1. The monoisotopic (exact) mass is 335 g/mol. The van der Waals surface area contributed by atoms with Crippen LogP contribution in [0.2, 0.25) is 5.02 Å². The Labute approximate surface area is 131 Å². The Morgan fingerprint density at radius 1 is 1.48 bits per heavy atom. The first kappa shape index (κ1) is 18.1. The summed E-state index contributed by atoms with van der Waals surface area (Å²) < 4.78 is 32.7. The molecule has 2 unspecified atom stereocenters. The van der Waals surface area contributed by atoms with Crippen molar-refractivity contribution < 1.29 is 18.1 Å². The van der Waals surface area contributed by atoms with Gasteiger partial charge in [0.05, 0.1) is 40.3 Å². The maximum Gasteiger partial charge on any atom is 0.307 e. The number of methoxy groups -OCH3 is 1. The van der Waals surface area contributed by atoms with Gasteiger partial charge in [-0.05, 0) is 32.4 Å². The SMILES string of the molecule is COC(=O)CC(NS(=O)C(C)(C)C)c1cccc(F)c1Cl. The van der Waals surface area contributed by atoms with Gasteiger partial charge in [-0.15, -0.1) is 0 Å². The van der Waals surface area contributed by atoms with Crippen LogP contribution >= 0.6 is 11.6 Å². The third kappa shape index (κ3) is 5.05. The summed E-state index contributed by atoms with van der Waals surface area (Å²) >= 11 is 5.95. The van der Waals surface area contributed by atoms with E-state index in [1.165, 1.54) is 19.2 Å². The molecule has 7 heteroatoms. The lowest BCUT2D eigenvalue weighted by molar-refractivity contribution is -0.141. The average molecular weight is 336 g/mol. The van der Waals surface area contributed by atoms with Gasteiger partial charge in [-0.3, -0.25) is 4.79 Å². The summed E-state index contributed by atoms with van der Waals surface area (Å²) in [6.45, 7) is 5.37. The summed E-state index contributed by atoms with van der Waals surface area (Å²) in [5.74, 6) is -1.09. The van der Waals surface area contributed by atoms with Crippen molar-refractivity contribution in [1.29, 1.82) is 0 Å². The quantitative estimate of drug-likeness (QED) is 0.841. The Balaban J connectivity index is 3.10. The predicted octanol–water partition coefficient (Wildman–Crippen LogP) is 3.14. The first-order chi connectivity index (χ1) is 9.66. The first-order valence-electron chi connectivity index (χ1n) is 6.35. The Hall–Kier alpha value is -0.980. The molecule has 0 spiro atoms. The van der Waals surface area contributed by atoms with E-state index < -0.39 is 33.6 Å². The van der Waals surface area contributed by atoms with Crippen molar-refractivity contribution in [1.82, 2.24) is 4.72 Å². The summed E-state index contributed by atoms with van der Waals surface area (Å²) in [5, 5.41) is -0.0928. The van der Waals surface area contributed by atoms with Crippen LogP contribution in [0.25, 0.3) is 0 Å². The zero-order valence-electron chi connectivity index (χ0n) is 12.4. The van der Waals surface area contributed by atoms with E-state index in [-0.39, 0.29) is 11.4 Å². The third-order valence-corrected chi connectivity index (χ3v) is 4.77. The van der Waals surface area contributed by atoms with Crippen LogP contribution in [-0.2, 0) is 20.5 Å². The molecule has 0 aliphatic heterocycles. The number of esters is 1. The van der Waals surface area contributed by atoms with Crippen molar-refractivity contribution in [2.75, 3.05) is 7.11 Å². The fraction of sp³-hybridized carbons (Fsp3) is 0.500. The van der Waals surface area contributed by atoms with Crippen LogP contribution in [-0.4, -0.2) is 22.0 Å². The highest BCUT2D eigenvalue weighted by Crippen LogP contribution is 2.29. The minimum atomic E-state index is -1.44. The Kier molecular flexibility index (Phi) is 6.31. The number of carbonyl (C=O) groups is 1. The second-order valence-electron chi connectivity index (χ2n) is 5.47. The molecule has 1 aromatic carbocycles. The van der Waals surface area contributed by atoms with E-state index in [1.54, 1.807) is 26.8 Å². The van der Waals surface area contributed by atoms with Crippen molar-refractivity contribution in [2.45, 2.75) is 38.0 Å². The molecule has 0 fully saturated rings. The zero-order valence-corrected chi connectivity index (χ0v) is 14.0. The van der Waals surface area contributed by atoms with Crippen LogP contribution in [0.3, 0.4) is 0 Å². The smallest absolute Gasteiger partial charge is 0.307 e. The van der Waals surface area contributed by atoms with Crippen LogP contribution in [0.4, 0.5) is 4.39 Å². The minimum absolute atomic E-state index is 0.0928. The summed E-state index contributed by atoms with van der Waals surface area (Å²) in [7, 11) is -0.183. The fourth-order valence-corrected chi connectivity index (χ4v) is 2.64. The molecule has 0 aliphatic rings. The Morgan fingerprint density at radius 3 is 2.62 bits per heavy atom. The predicted molar refractivity (Wildman–Crippen MR) is 81.8 cm³/mol. The molecule has 0 bridgehead atoms. The molecular weight excluding hydrogens is 317 g/mol. The van der Waals surface area contributed by atoms with Crippen LogP contribution in [0.15, 0.2) is 18.2 Å². The van der Waals surface area contributed by atoms with Gasteiger partial charge in [0, 0.05) is 0 Å². The van der Waals surface area contributed by atoms with Gasteiger partial charge < -0.3 is 4.74 Å². The second kappa shape index (κ2) is 7.33. The fourth-order valence-electron chi connectivity index (χ4n) is 1.56. The lowest BCUT2D eigenvalue weighted by Gasteiger charge is -2.24. The van der Waals surface area contributed by atoms with Crippen LogP contribution < -0.4 is 4.72 Å². The molecule has 0 aliphatic carbocycles. The molecule has 1 rings (SSSR count). The number of carbonyl (C=O) groups excluding carboxylic acids is 1. The minimum Gasteiger partial charge on any atom is -0.469 e. The highest BCUT2D eigenvalue weighted by Gasteiger charge is 2.27. The molecule has 118 valence electrons. The Bertz CT molecular complexity index is 546. The van der Waals surface area contributed by atoms with Crippen molar-refractivity contribution in [2.24, 2.45) is 0 Å². The van der Waals surface area contributed by atoms with Gasteiger partial charge in [-0.2, -0.15) is 0 Å². The molecule has 1 N–H and O–H groups in total. The number of rotatable bonds is 5. The van der Waals surface area contributed by atoms with Crippen molar-refractivity contribution in [3.63, 3.8) is 0 Å². The summed E-state index contributed by atoms with van der Waals surface area (Å²) in [4.78, 5) is 11.5. The lowest BCUT2D eigenvalue weighted by atomic mass is 10.0. The molecule has 0 radical (unpaired) electrons. The van der Waals surface area contributed by atoms with E-state index in [9.17, 15) is 13.4 Å². The number of ether oxygens (including phenoxy) is 1. The standard InChI is InChI=1S/C14H19ClFNO3S/c1-14(2,3)21(19)17-11(8-12(18)20-4)9-6-5-7-10(16)13(9)15/h5-7,11,17H,8H2,1-4H3. The van der Waals surface area contributed by atoms with E-state index in [2.05, 4.69) is 9.46 Å². The molecule has 0 aromatic heterocycles. The molecule has 1 aromatic rings. The number of benzene rings is 1. The number of nitrogens with one attached hydrogen (secondary N) is 1. The number of halogens is 2. The maximum absolute atomic E-state index is 13.6. The van der Waals surface area contributed by atoms with Gasteiger partial charge in [-0.1, -0.05) is 23.7 Å². The lowest BCUT2D eigenvalue weighted by Crippen LogP contribution is -2.36. The van der Waals surface area contributed by atoms with Gasteiger partial charge in [0.1, 0.15) is 5.82 Å². The molecule has 0 heterocycles. The highest BCUT2D eigenvalue weighted by atomic mass is 35.5. The van der Waals surface area contributed by atoms with Gasteiger partial charge in [0.25, 0.3) is 0 Å². The van der Waals surface area contributed by atoms with Gasteiger partial charge in [0.2, 0.25) is 0 Å². The molecule has 0 saturated heterocycles. The second-order valence-corrected chi connectivity index (χ2v) is 7.85. The Morgan fingerprint density at radius 2 is 2.10 bits per heavy atom. The maximum atomic E-state index is 13.6.